The fourth-order valence-electron chi connectivity index (χ4n) is 3.39. The second-order valence-corrected chi connectivity index (χ2v) is 6.84. The zero-order valence-electron chi connectivity index (χ0n) is 15.1. The molecule has 8 heteroatoms. The summed E-state index contributed by atoms with van der Waals surface area (Å²) in [5, 5.41) is 20.9. The van der Waals surface area contributed by atoms with Crippen LogP contribution in [-0.2, 0) is 6.18 Å². The number of hydrogen-bond donors (Lipinski definition) is 2. The average molecular weight is 380 g/mol. The molecule has 0 saturated carbocycles. The molecule has 0 amide bonds. The van der Waals surface area contributed by atoms with E-state index in [1.54, 1.807) is 0 Å². The molecule has 0 spiro atoms. The van der Waals surface area contributed by atoms with Gasteiger partial charge in [0, 0.05) is 24.7 Å². The minimum Gasteiger partial charge on any atom is -0.395 e. The van der Waals surface area contributed by atoms with Gasteiger partial charge < -0.3 is 10.4 Å². The molecule has 2 heterocycles. The molecule has 1 aromatic carbocycles. The lowest BCUT2D eigenvalue weighted by Gasteiger charge is -2.32. The highest BCUT2D eigenvalue weighted by molar-refractivity contribution is 5.64. The summed E-state index contributed by atoms with van der Waals surface area (Å²) in [6, 6.07) is 7.05. The summed E-state index contributed by atoms with van der Waals surface area (Å²) in [5.74, 6) is 0.652. The van der Waals surface area contributed by atoms with Gasteiger partial charge in [-0.15, -0.1) is 10.2 Å². The van der Waals surface area contributed by atoms with E-state index in [2.05, 4.69) is 20.4 Å². The van der Waals surface area contributed by atoms with Crippen LogP contribution in [0.1, 0.15) is 24.0 Å². The SMILES string of the molecule is Cc1cc(NC2CCCN(CCO)C2)nnc1-c1ccc(C(F)(F)F)cc1. The van der Waals surface area contributed by atoms with Crippen LogP contribution in [0.25, 0.3) is 11.3 Å². The van der Waals surface area contributed by atoms with Gasteiger partial charge in [-0.2, -0.15) is 13.2 Å². The van der Waals surface area contributed by atoms with Crippen molar-refractivity contribution < 1.29 is 18.3 Å². The summed E-state index contributed by atoms with van der Waals surface area (Å²) < 4.78 is 38.1. The van der Waals surface area contributed by atoms with E-state index in [1.807, 2.05) is 13.0 Å². The maximum atomic E-state index is 12.7. The van der Waals surface area contributed by atoms with Crippen LogP contribution in [-0.4, -0.2) is 52.5 Å². The molecule has 1 aliphatic heterocycles. The zero-order valence-corrected chi connectivity index (χ0v) is 15.1. The zero-order chi connectivity index (χ0) is 19.4. The quantitative estimate of drug-likeness (QED) is 0.833. The summed E-state index contributed by atoms with van der Waals surface area (Å²) in [5.41, 5.74) is 1.33. The number of nitrogens with zero attached hydrogens (tertiary/aromatic N) is 3. The number of halogens is 3. The predicted octanol–water partition coefficient (Wildman–Crippen LogP) is 3.34. The van der Waals surface area contributed by atoms with Crippen LogP contribution in [0.4, 0.5) is 19.0 Å². The fourth-order valence-corrected chi connectivity index (χ4v) is 3.39. The van der Waals surface area contributed by atoms with E-state index in [0.29, 0.717) is 23.6 Å². The lowest BCUT2D eigenvalue weighted by molar-refractivity contribution is -0.137. The third-order valence-corrected chi connectivity index (χ3v) is 4.74. The van der Waals surface area contributed by atoms with E-state index in [4.69, 9.17) is 5.11 Å². The van der Waals surface area contributed by atoms with Crippen molar-refractivity contribution in [1.82, 2.24) is 15.1 Å². The summed E-state index contributed by atoms with van der Waals surface area (Å²) in [6.45, 7) is 4.49. The highest BCUT2D eigenvalue weighted by atomic mass is 19.4. The van der Waals surface area contributed by atoms with Crippen molar-refractivity contribution in [2.24, 2.45) is 0 Å². The first-order valence-electron chi connectivity index (χ1n) is 8.98. The Hall–Kier alpha value is -2.19. The topological polar surface area (TPSA) is 61.3 Å². The van der Waals surface area contributed by atoms with Gasteiger partial charge in [-0.3, -0.25) is 4.90 Å². The van der Waals surface area contributed by atoms with Gasteiger partial charge in [0.15, 0.2) is 0 Å². The Morgan fingerprint density at radius 2 is 1.96 bits per heavy atom. The van der Waals surface area contributed by atoms with E-state index >= 15 is 0 Å². The largest absolute Gasteiger partial charge is 0.416 e. The molecule has 1 aromatic heterocycles. The lowest BCUT2D eigenvalue weighted by Crippen LogP contribution is -2.43. The highest BCUT2D eigenvalue weighted by Gasteiger charge is 2.30. The van der Waals surface area contributed by atoms with Crippen LogP contribution >= 0.6 is 0 Å². The Kier molecular flexibility index (Phi) is 5.96. The van der Waals surface area contributed by atoms with Crippen molar-refractivity contribution in [3.63, 3.8) is 0 Å². The molecule has 1 fully saturated rings. The van der Waals surface area contributed by atoms with Crippen LogP contribution in [0.2, 0.25) is 0 Å². The number of piperidine rings is 1. The van der Waals surface area contributed by atoms with Gasteiger partial charge in [-0.05, 0) is 50.1 Å². The molecule has 3 rings (SSSR count). The number of anilines is 1. The Labute approximate surface area is 156 Å². The van der Waals surface area contributed by atoms with Crippen LogP contribution in [0, 0.1) is 6.92 Å². The van der Waals surface area contributed by atoms with E-state index in [9.17, 15) is 13.2 Å². The second kappa shape index (κ2) is 8.22. The molecule has 1 unspecified atom stereocenters. The number of benzene rings is 1. The number of aryl methyl sites for hydroxylation is 1. The third-order valence-electron chi connectivity index (χ3n) is 4.74. The van der Waals surface area contributed by atoms with Crippen molar-refractivity contribution in [2.45, 2.75) is 32.0 Å². The lowest BCUT2D eigenvalue weighted by atomic mass is 10.0. The van der Waals surface area contributed by atoms with Crippen molar-refractivity contribution in [3.05, 3.63) is 41.5 Å². The Morgan fingerprint density at radius 3 is 2.59 bits per heavy atom. The number of hydrogen-bond acceptors (Lipinski definition) is 5. The number of aliphatic hydroxyl groups is 1. The van der Waals surface area contributed by atoms with E-state index < -0.39 is 11.7 Å². The van der Waals surface area contributed by atoms with Gasteiger partial charge in [0.2, 0.25) is 0 Å². The van der Waals surface area contributed by atoms with Crippen molar-refractivity contribution in [1.29, 1.82) is 0 Å². The maximum Gasteiger partial charge on any atom is 0.416 e. The highest BCUT2D eigenvalue weighted by Crippen LogP contribution is 2.31. The molecule has 27 heavy (non-hydrogen) atoms. The van der Waals surface area contributed by atoms with Crippen molar-refractivity contribution >= 4 is 5.82 Å². The molecule has 1 atom stereocenters. The van der Waals surface area contributed by atoms with E-state index in [0.717, 1.165) is 43.6 Å². The Morgan fingerprint density at radius 1 is 1.22 bits per heavy atom. The number of likely N-dealkylation sites (tertiary alicyclic amines) is 1. The van der Waals surface area contributed by atoms with E-state index in [1.165, 1.54) is 12.1 Å². The summed E-state index contributed by atoms with van der Waals surface area (Å²) in [6.07, 6.45) is -2.28. The maximum absolute atomic E-state index is 12.7. The monoisotopic (exact) mass is 380 g/mol. The fraction of sp³-hybridized carbons (Fsp3) is 0.474. The molecule has 0 bridgehead atoms. The predicted molar refractivity (Wildman–Crippen MR) is 97.4 cm³/mol. The smallest absolute Gasteiger partial charge is 0.395 e. The Balaban J connectivity index is 1.70. The molecular weight excluding hydrogens is 357 g/mol. The number of alkyl halides is 3. The molecule has 0 radical (unpaired) electrons. The number of aromatic nitrogens is 2. The van der Waals surface area contributed by atoms with Gasteiger partial charge >= 0.3 is 6.18 Å². The first-order chi connectivity index (χ1) is 12.9. The first kappa shape index (κ1) is 19.6. The molecule has 146 valence electrons. The van der Waals surface area contributed by atoms with Gasteiger partial charge in [0.1, 0.15) is 5.82 Å². The number of aliphatic hydroxyl groups excluding tert-OH is 1. The van der Waals surface area contributed by atoms with Crippen LogP contribution < -0.4 is 5.32 Å². The standard InChI is InChI=1S/C19H23F3N4O/c1-13-11-17(23-16-3-2-8-26(12-16)9-10-27)24-25-18(13)14-4-6-15(7-5-14)19(20,21)22/h4-7,11,16,27H,2-3,8-10,12H2,1H3,(H,23,24). The minimum atomic E-state index is -4.35. The first-order valence-corrected chi connectivity index (χ1v) is 8.98. The van der Waals surface area contributed by atoms with E-state index in [-0.39, 0.29) is 12.6 Å². The minimum absolute atomic E-state index is 0.146. The van der Waals surface area contributed by atoms with Crippen LogP contribution in [0.5, 0.6) is 0 Å². The molecule has 5 nitrogen and oxygen atoms in total. The molecule has 0 aliphatic carbocycles. The van der Waals surface area contributed by atoms with Gasteiger partial charge in [0.25, 0.3) is 0 Å². The number of nitrogens with one attached hydrogen (secondary N) is 1. The van der Waals surface area contributed by atoms with Gasteiger partial charge in [-0.25, -0.2) is 0 Å². The molecule has 2 aromatic rings. The van der Waals surface area contributed by atoms with Gasteiger partial charge in [0.05, 0.1) is 17.9 Å². The summed E-state index contributed by atoms with van der Waals surface area (Å²) >= 11 is 0. The normalized spacial score (nSPS) is 18.5. The average Bonchev–Trinajstić information content (AvgIpc) is 2.62. The number of rotatable bonds is 5. The molecule has 1 aliphatic rings. The Bertz CT molecular complexity index is 763. The van der Waals surface area contributed by atoms with Crippen molar-refractivity contribution in [2.75, 3.05) is 31.6 Å². The second-order valence-electron chi connectivity index (χ2n) is 6.84. The third kappa shape index (κ3) is 4.95. The summed E-state index contributed by atoms with van der Waals surface area (Å²) in [4.78, 5) is 2.21. The van der Waals surface area contributed by atoms with Crippen LogP contribution in [0.15, 0.2) is 30.3 Å². The number of β-amino-alcohol motifs (C(OH)–C–C–N with tert-alkyl or cyclic N) is 1. The van der Waals surface area contributed by atoms with Gasteiger partial charge in [-0.1, -0.05) is 12.1 Å². The molecule has 2 N–H and O–H groups in total. The van der Waals surface area contributed by atoms with Crippen molar-refractivity contribution in [3.8, 4) is 11.3 Å². The molecular formula is C19H23F3N4O. The van der Waals surface area contributed by atoms with Crippen LogP contribution in [0.3, 0.4) is 0 Å². The summed E-state index contributed by atoms with van der Waals surface area (Å²) in [7, 11) is 0. The molecule has 1 saturated heterocycles.